The Morgan fingerprint density at radius 3 is 2.50 bits per heavy atom. The Bertz CT molecular complexity index is 207. The number of carbonyl (C=O) groups excluding carboxylic acids is 1. The molecule has 0 unspecified atom stereocenters. The summed E-state index contributed by atoms with van der Waals surface area (Å²) in [5, 5.41) is 0. The minimum atomic E-state index is -0.768. The first-order valence-corrected chi connectivity index (χ1v) is 5.05. The molecule has 1 amide bonds. The van der Waals surface area contributed by atoms with Crippen LogP contribution in [0.3, 0.4) is 0 Å². The third-order valence-corrected chi connectivity index (χ3v) is 2.34. The van der Waals surface area contributed by atoms with Gasteiger partial charge >= 0.3 is 0 Å². The Morgan fingerprint density at radius 1 is 1.57 bits per heavy atom. The first-order valence-electron chi connectivity index (χ1n) is 5.05. The lowest BCUT2D eigenvalue weighted by Crippen LogP contribution is -2.52. The van der Waals surface area contributed by atoms with Crippen molar-refractivity contribution in [3.63, 3.8) is 0 Å². The van der Waals surface area contributed by atoms with Crippen LogP contribution in [0.1, 0.15) is 26.7 Å². The molecule has 0 bridgehead atoms. The second-order valence-corrected chi connectivity index (χ2v) is 4.44. The zero-order valence-electron chi connectivity index (χ0n) is 9.25. The van der Waals surface area contributed by atoms with Crippen molar-refractivity contribution in [1.29, 1.82) is 0 Å². The number of rotatable bonds is 5. The van der Waals surface area contributed by atoms with Crippen LogP contribution in [-0.2, 0) is 9.53 Å². The smallest absolute Gasteiger partial charge is 0.242 e. The van der Waals surface area contributed by atoms with Gasteiger partial charge in [0.2, 0.25) is 5.91 Å². The second-order valence-electron chi connectivity index (χ2n) is 4.44. The number of methoxy groups -OCH3 is 1. The lowest BCUT2D eigenvalue weighted by atomic mass is 10.1. The van der Waals surface area contributed by atoms with Gasteiger partial charge in [-0.15, -0.1) is 0 Å². The molecule has 1 aliphatic rings. The highest BCUT2D eigenvalue weighted by Gasteiger charge is 2.37. The van der Waals surface area contributed by atoms with Crippen molar-refractivity contribution in [1.82, 2.24) is 4.90 Å². The lowest BCUT2D eigenvalue weighted by Gasteiger charge is -2.29. The standard InChI is InChI=1S/C10H20N2O2/c1-10(2,11)9(13)12(6-7-14-3)8-4-5-8/h8H,4-7,11H2,1-3H3. The summed E-state index contributed by atoms with van der Waals surface area (Å²) in [6, 6.07) is 0.403. The van der Waals surface area contributed by atoms with Crippen molar-refractivity contribution in [2.75, 3.05) is 20.3 Å². The maximum absolute atomic E-state index is 11.9. The molecule has 14 heavy (non-hydrogen) atoms. The third-order valence-electron chi connectivity index (χ3n) is 2.34. The van der Waals surface area contributed by atoms with E-state index in [1.54, 1.807) is 21.0 Å². The van der Waals surface area contributed by atoms with E-state index in [9.17, 15) is 4.79 Å². The highest BCUT2D eigenvalue weighted by molar-refractivity contribution is 5.85. The van der Waals surface area contributed by atoms with Crippen LogP contribution in [0.25, 0.3) is 0 Å². The SMILES string of the molecule is COCCN(C(=O)C(C)(C)N)C1CC1. The Labute approximate surface area is 85.4 Å². The maximum Gasteiger partial charge on any atom is 0.242 e. The summed E-state index contributed by atoms with van der Waals surface area (Å²) in [7, 11) is 1.64. The average molecular weight is 200 g/mol. The number of amides is 1. The Morgan fingerprint density at radius 2 is 2.14 bits per heavy atom. The molecule has 1 fully saturated rings. The van der Waals surface area contributed by atoms with Gasteiger partial charge in [-0.05, 0) is 26.7 Å². The molecule has 4 heteroatoms. The molecule has 2 N–H and O–H groups in total. The molecule has 0 radical (unpaired) electrons. The van der Waals surface area contributed by atoms with Gasteiger partial charge in [0.05, 0.1) is 12.1 Å². The number of nitrogens with zero attached hydrogens (tertiary/aromatic N) is 1. The van der Waals surface area contributed by atoms with Crippen LogP contribution in [0.15, 0.2) is 0 Å². The first-order chi connectivity index (χ1) is 6.46. The average Bonchev–Trinajstić information content (AvgIpc) is 2.86. The lowest BCUT2D eigenvalue weighted by molar-refractivity contribution is -0.137. The molecule has 1 rings (SSSR count). The van der Waals surface area contributed by atoms with Gasteiger partial charge in [-0.1, -0.05) is 0 Å². The second kappa shape index (κ2) is 4.28. The summed E-state index contributed by atoms with van der Waals surface area (Å²) in [4.78, 5) is 13.7. The Balaban J connectivity index is 2.53. The molecule has 0 spiro atoms. The van der Waals surface area contributed by atoms with Crippen LogP contribution in [-0.4, -0.2) is 42.6 Å². The Hall–Kier alpha value is -0.610. The number of ether oxygens (including phenoxy) is 1. The van der Waals surface area contributed by atoms with Gasteiger partial charge in [0.15, 0.2) is 0 Å². The summed E-state index contributed by atoms with van der Waals surface area (Å²) in [5.74, 6) is 0.0250. The molecule has 0 aromatic rings. The number of hydrogen-bond donors (Lipinski definition) is 1. The fourth-order valence-electron chi connectivity index (χ4n) is 1.40. The predicted octanol–water partition coefficient (Wildman–Crippen LogP) is 0.361. The zero-order valence-corrected chi connectivity index (χ0v) is 9.25. The van der Waals surface area contributed by atoms with Gasteiger partial charge in [-0.25, -0.2) is 0 Å². The minimum Gasteiger partial charge on any atom is -0.383 e. The maximum atomic E-state index is 11.9. The molecule has 0 aromatic carbocycles. The topological polar surface area (TPSA) is 55.6 Å². The van der Waals surface area contributed by atoms with Crippen molar-refractivity contribution in [3.05, 3.63) is 0 Å². The number of carbonyl (C=O) groups is 1. The predicted molar refractivity (Wildman–Crippen MR) is 54.9 cm³/mol. The molecule has 4 nitrogen and oxygen atoms in total. The molecule has 0 aliphatic heterocycles. The number of nitrogens with two attached hydrogens (primary N) is 1. The third kappa shape index (κ3) is 2.96. The van der Waals surface area contributed by atoms with Gasteiger partial charge < -0.3 is 15.4 Å². The van der Waals surface area contributed by atoms with E-state index >= 15 is 0 Å². The monoisotopic (exact) mass is 200 g/mol. The van der Waals surface area contributed by atoms with Crippen LogP contribution in [0.5, 0.6) is 0 Å². The normalized spacial score (nSPS) is 16.9. The summed E-state index contributed by atoms with van der Waals surface area (Å²) in [6.07, 6.45) is 2.21. The molecule has 1 saturated carbocycles. The van der Waals surface area contributed by atoms with Gasteiger partial charge in [0, 0.05) is 19.7 Å². The van der Waals surface area contributed by atoms with Crippen molar-refractivity contribution in [2.45, 2.75) is 38.3 Å². The summed E-state index contributed by atoms with van der Waals surface area (Å²) in [6.45, 7) is 4.73. The van der Waals surface area contributed by atoms with Gasteiger partial charge in [-0.3, -0.25) is 4.79 Å². The largest absolute Gasteiger partial charge is 0.383 e. The van der Waals surface area contributed by atoms with Gasteiger partial charge in [0.1, 0.15) is 0 Å². The van der Waals surface area contributed by atoms with E-state index in [0.29, 0.717) is 19.2 Å². The highest BCUT2D eigenvalue weighted by Crippen LogP contribution is 2.28. The minimum absolute atomic E-state index is 0.0250. The fourth-order valence-corrected chi connectivity index (χ4v) is 1.40. The molecule has 82 valence electrons. The highest BCUT2D eigenvalue weighted by atomic mass is 16.5. The molecule has 0 atom stereocenters. The quantitative estimate of drug-likeness (QED) is 0.697. The van der Waals surface area contributed by atoms with Crippen LogP contribution in [0.2, 0.25) is 0 Å². The van der Waals surface area contributed by atoms with E-state index in [-0.39, 0.29) is 5.91 Å². The van der Waals surface area contributed by atoms with E-state index < -0.39 is 5.54 Å². The van der Waals surface area contributed by atoms with E-state index in [2.05, 4.69) is 0 Å². The molecular formula is C10H20N2O2. The van der Waals surface area contributed by atoms with Crippen molar-refractivity contribution in [3.8, 4) is 0 Å². The van der Waals surface area contributed by atoms with Gasteiger partial charge in [-0.2, -0.15) is 0 Å². The van der Waals surface area contributed by atoms with Gasteiger partial charge in [0.25, 0.3) is 0 Å². The van der Waals surface area contributed by atoms with Crippen molar-refractivity contribution < 1.29 is 9.53 Å². The Kier molecular flexibility index (Phi) is 3.50. The molecule has 0 saturated heterocycles. The summed E-state index contributed by atoms with van der Waals surface area (Å²) < 4.78 is 4.98. The fraction of sp³-hybridized carbons (Fsp3) is 0.900. The van der Waals surface area contributed by atoms with Crippen LogP contribution < -0.4 is 5.73 Å². The van der Waals surface area contributed by atoms with Crippen molar-refractivity contribution in [2.24, 2.45) is 5.73 Å². The van der Waals surface area contributed by atoms with E-state index in [1.165, 1.54) is 0 Å². The molecule has 1 aliphatic carbocycles. The van der Waals surface area contributed by atoms with Crippen LogP contribution >= 0.6 is 0 Å². The van der Waals surface area contributed by atoms with E-state index in [4.69, 9.17) is 10.5 Å². The summed E-state index contributed by atoms with van der Waals surface area (Å²) in [5.41, 5.74) is 5.02. The van der Waals surface area contributed by atoms with Crippen molar-refractivity contribution >= 4 is 5.91 Å². The van der Waals surface area contributed by atoms with Crippen LogP contribution in [0.4, 0.5) is 0 Å². The van der Waals surface area contributed by atoms with E-state index in [1.807, 2.05) is 4.90 Å². The summed E-state index contributed by atoms with van der Waals surface area (Å²) >= 11 is 0. The molecule has 0 heterocycles. The molecule has 0 aromatic heterocycles. The first kappa shape index (κ1) is 11.5. The molecular weight excluding hydrogens is 180 g/mol. The van der Waals surface area contributed by atoms with E-state index in [0.717, 1.165) is 12.8 Å². The zero-order chi connectivity index (χ0) is 10.8. The van der Waals surface area contributed by atoms with Crippen LogP contribution in [0, 0.1) is 0 Å². The number of hydrogen-bond acceptors (Lipinski definition) is 3.